The number of halogens is 1. The van der Waals surface area contributed by atoms with Crippen LogP contribution in [0.15, 0.2) is 18.2 Å². The van der Waals surface area contributed by atoms with Crippen molar-refractivity contribution in [1.82, 2.24) is 5.32 Å². The van der Waals surface area contributed by atoms with Gasteiger partial charge in [0.05, 0.1) is 12.2 Å². The third kappa shape index (κ3) is 2.79. The SMILES string of the molecule is CCC1(C)CC2(CCO1)CC(NC)c1cc(Cl)ccc1O2. The molecule has 4 heteroatoms. The zero-order chi connectivity index (χ0) is 15.1. The molecule has 3 unspecified atom stereocenters. The van der Waals surface area contributed by atoms with Crippen LogP contribution in [0.1, 0.15) is 51.1 Å². The van der Waals surface area contributed by atoms with Crippen LogP contribution in [0.2, 0.25) is 5.02 Å². The lowest BCUT2D eigenvalue weighted by Gasteiger charge is -2.49. The smallest absolute Gasteiger partial charge is 0.125 e. The number of hydrogen-bond acceptors (Lipinski definition) is 3. The molecule has 0 aromatic heterocycles. The van der Waals surface area contributed by atoms with Crippen LogP contribution in [0.5, 0.6) is 5.75 Å². The highest BCUT2D eigenvalue weighted by Crippen LogP contribution is 2.48. The third-order valence-corrected chi connectivity index (χ3v) is 5.29. The van der Waals surface area contributed by atoms with E-state index < -0.39 is 0 Å². The average molecular weight is 310 g/mol. The van der Waals surface area contributed by atoms with E-state index in [1.807, 2.05) is 25.2 Å². The van der Waals surface area contributed by atoms with Crippen LogP contribution < -0.4 is 10.1 Å². The van der Waals surface area contributed by atoms with Crippen molar-refractivity contribution in [3.63, 3.8) is 0 Å². The summed E-state index contributed by atoms with van der Waals surface area (Å²) in [5, 5.41) is 4.19. The molecule has 1 N–H and O–H groups in total. The molecule has 3 nitrogen and oxygen atoms in total. The van der Waals surface area contributed by atoms with Gasteiger partial charge in [0.1, 0.15) is 11.4 Å². The molecular weight excluding hydrogens is 286 g/mol. The molecule has 0 amide bonds. The minimum atomic E-state index is -0.127. The van der Waals surface area contributed by atoms with Gasteiger partial charge in [-0.3, -0.25) is 0 Å². The Bertz CT molecular complexity index is 536. The first kappa shape index (κ1) is 15.1. The van der Waals surface area contributed by atoms with E-state index in [9.17, 15) is 0 Å². The molecular formula is C17H24ClNO2. The van der Waals surface area contributed by atoms with E-state index in [0.717, 1.165) is 43.1 Å². The molecule has 0 saturated carbocycles. The number of benzene rings is 1. The van der Waals surface area contributed by atoms with Gasteiger partial charge in [-0.1, -0.05) is 18.5 Å². The monoisotopic (exact) mass is 309 g/mol. The Morgan fingerprint density at radius 1 is 1.43 bits per heavy atom. The average Bonchev–Trinajstić information content (AvgIpc) is 2.47. The van der Waals surface area contributed by atoms with Gasteiger partial charge in [0.2, 0.25) is 0 Å². The van der Waals surface area contributed by atoms with Gasteiger partial charge in [-0.2, -0.15) is 0 Å². The summed E-state index contributed by atoms with van der Waals surface area (Å²) in [6, 6.07) is 6.21. The fraction of sp³-hybridized carbons (Fsp3) is 0.647. The standard InChI is InChI=1S/C17H24ClNO2/c1-4-16(2)11-17(7-8-20-16)10-14(19-3)13-9-12(18)5-6-15(13)21-17/h5-6,9,14,19H,4,7-8,10-11H2,1-3H3. The van der Waals surface area contributed by atoms with Crippen LogP contribution in [-0.2, 0) is 4.74 Å². The zero-order valence-corrected chi connectivity index (χ0v) is 13.8. The molecule has 1 spiro atoms. The summed E-state index contributed by atoms with van der Waals surface area (Å²) in [7, 11) is 2.01. The van der Waals surface area contributed by atoms with Gasteiger partial charge >= 0.3 is 0 Å². The lowest BCUT2D eigenvalue weighted by molar-refractivity contribution is -0.152. The number of rotatable bonds is 2. The Morgan fingerprint density at radius 2 is 2.24 bits per heavy atom. The van der Waals surface area contributed by atoms with E-state index in [4.69, 9.17) is 21.1 Å². The Labute approximate surface area is 132 Å². The van der Waals surface area contributed by atoms with E-state index in [-0.39, 0.29) is 17.2 Å². The minimum Gasteiger partial charge on any atom is -0.487 e. The molecule has 0 bridgehead atoms. The van der Waals surface area contributed by atoms with Crippen molar-refractivity contribution in [2.45, 2.75) is 56.8 Å². The van der Waals surface area contributed by atoms with E-state index in [0.29, 0.717) is 0 Å². The second-order valence-corrected chi connectivity index (χ2v) is 7.03. The maximum atomic E-state index is 6.47. The van der Waals surface area contributed by atoms with Gasteiger partial charge in [-0.15, -0.1) is 0 Å². The van der Waals surface area contributed by atoms with Crippen molar-refractivity contribution in [2.24, 2.45) is 0 Å². The van der Waals surface area contributed by atoms with Gasteiger partial charge in [0.25, 0.3) is 0 Å². The van der Waals surface area contributed by atoms with Crippen molar-refractivity contribution in [3.05, 3.63) is 28.8 Å². The van der Waals surface area contributed by atoms with Gasteiger partial charge in [-0.05, 0) is 38.6 Å². The molecule has 1 aromatic rings. The molecule has 2 aliphatic rings. The minimum absolute atomic E-state index is 0.0829. The van der Waals surface area contributed by atoms with Crippen LogP contribution in [0.25, 0.3) is 0 Å². The van der Waals surface area contributed by atoms with E-state index >= 15 is 0 Å². The summed E-state index contributed by atoms with van der Waals surface area (Å²) < 4.78 is 12.5. The van der Waals surface area contributed by atoms with Crippen LogP contribution in [-0.4, -0.2) is 24.9 Å². The van der Waals surface area contributed by atoms with E-state index in [2.05, 4.69) is 19.2 Å². The van der Waals surface area contributed by atoms with Crippen LogP contribution in [0.4, 0.5) is 0 Å². The molecule has 1 fully saturated rings. The molecule has 0 radical (unpaired) electrons. The summed E-state index contributed by atoms with van der Waals surface area (Å²) >= 11 is 6.14. The topological polar surface area (TPSA) is 30.5 Å². The molecule has 1 aromatic carbocycles. The van der Waals surface area contributed by atoms with Crippen molar-refractivity contribution in [3.8, 4) is 5.75 Å². The van der Waals surface area contributed by atoms with Crippen molar-refractivity contribution >= 4 is 11.6 Å². The summed E-state index contributed by atoms with van der Waals surface area (Å²) in [6.07, 6.45) is 3.87. The predicted molar refractivity (Wildman–Crippen MR) is 85.1 cm³/mol. The molecule has 3 atom stereocenters. The number of hydrogen-bond donors (Lipinski definition) is 1. The van der Waals surface area contributed by atoms with Crippen LogP contribution in [0.3, 0.4) is 0 Å². The molecule has 2 heterocycles. The second kappa shape index (κ2) is 5.45. The Kier molecular flexibility index (Phi) is 3.93. The van der Waals surface area contributed by atoms with Crippen LogP contribution >= 0.6 is 11.6 Å². The highest BCUT2D eigenvalue weighted by molar-refractivity contribution is 6.30. The normalized spacial score (nSPS) is 35.3. The Balaban J connectivity index is 1.94. The Hall–Kier alpha value is -0.770. The molecule has 21 heavy (non-hydrogen) atoms. The lowest BCUT2D eigenvalue weighted by Crippen LogP contribution is -2.53. The summed E-state index contributed by atoms with van der Waals surface area (Å²) in [5.41, 5.74) is 0.957. The zero-order valence-electron chi connectivity index (χ0n) is 13.0. The Morgan fingerprint density at radius 3 is 2.95 bits per heavy atom. The molecule has 0 aliphatic carbocycles. The molecule has 116 valence electrons. The number of fused-ring (bicyclic) bond motifs is 1. The highest BCUT2D eigenvalue weighted by Gasteiger charge is 2.48. The van der Waals surface area contributed by atoms with Crippen molar-refractivity contribution in [2.75, 3.05) is 13.7 Å². The first-order valence-electron chi connectivity index (χ1n) is 7.79. The van der Waals surface area contributed by atoms with Gasteiger partial charge < -0.3 is 14.8 Å². The summed E-state index contributed by atoms with van der Waals surface area (Å²) in [4.78, 5) is 0. The molecule has 2 aliphatic heterocycles. The predicted octanol–water partition coefficient (Wildman–Crippen LogP) is 4.10. The third-order valence-electron chi connectivity index (χ3n) is 5.05. The first-order valence-corrected chi connectivity index (χ1v) is 8.17. The van der Waals surface area contributed by atoms with Crippen molar-refractivity contribution < 1.29 is 9.47 Å². The molecule has 1 saturated heterocycles. The fourth-order valence-corrected chi connectivity index (χ4v) is 3.87. The lowest BCUT2D eigenvalue weighted by atomic mass is 9.75. The fourth-order valence-electron chi connectivity index (χ4n) is 3.69. The molecule has 3 rings (SSSR count). The van der Waals surface area contributed by atoms with E-state index in [1.54, 1.807) is 0 Å². The largest absolute Gasteiger partial charge is 0.487 e. The number of nitrogens with one attached hydrogen (secondary N) is 1. The maximum Gasteiger partial charge on any atom is 0.125 e. The quantitative estimate of drug-likeness (QED) is 0.892. The second-order valence-electron chi connectivity index (χ2n) is 6.59. The van der Waals surface area contributed by atoms with Gasteiger partial charge in [-0.25, -0.2) is 0 Å². The van der Waals surface area contributed by atoms with Crippen LogP contribution in [0, 0.1) is 0 Å². The van der Waals surface area contributed by atoms with Gasteiger partial charge in [0, 0.05) is 35.9 Å². The van der Waals surface area contributed by atoms with Crippen molar-refractivity contribution in [1.29, 1.82) is 0 Å². The van der Waals surface area contributed by atoms with Gasteiger partial charge in [0.15, 0.2) is 0 Å². The summed E-state index contributed by atoms with van der Waals surface area (Å²) in [6.45, 7) is 5.15. The van der Waals surface area contributed by atoms with E-state index in [1.165, 1.54) is 5.56 Å². The summed E-state index contributed by atoms with van der Waals surface area (Å²) in [5.74, 6) is 0.963. The maximum absolute atomic E-state index is 6.47. The highest BCUT2D eigenvalue weighted by atomic mass is 35.5. The number of ether oxygens (including phenoxy) is 2. The first-order chi connectivity index (χ1) is 9.99.